The fourth-order valence-corrected chi connectivity index (χ4v) is 12.8. The number of rotatable bonds is 26. The summed E-state index contributed by atoms with van der Waals surface area (Å²) in [4.78, 5) is 68.6. The summed E-state index contributed by atoms with van der Waals surface area (Å²) in [6.07, 6.45) is -6.13. The Bertz CT molecular complexity index is 4700. The van der Waals surface area contributed by atoms with Gasteiger partial charge in [-0.2, -0.15) is 36.3 Å². The Morgan fingerprint density at radius 3 is 1.38 bits per heavy atom. The number of carbonyl (C=O) groups excluding carboxylic acids is 2. The maximum Gasteiger partial charge on any atom is 0.416 e. The maximum absolute atomic E-state index is 14.6. The summed E-state index contributed by atoms with van der Waals surface area (Å²) in [6, 6.07) is 16.4. The highest BCUT2D eigenvalue weighted by molar-refractivity contribution is 7.98. The summed E-state index contributed by atoms with van der Waals surface area (Å²) in [5.74, 6) is -1.88. The molecule has 22 heteroatoms. The van der Waals surface area contributed by atoms with E-state index < -0.39 is 121 Å². The Morgan fingerprint density at radius 1 is 0.531 bits per heavy atom. The van der Waals surface area contributed by atoms with Gasteiger partial charge in [-0.25, -0.2) is 8.78 Å². The van der Waals surface area contributed by atoms with Crippen molar-refractivity contribution in [1.29, 1.82) is 0 Å². The van der Waals surface area contributed by atoms with E-state index in [4.69, 9.17) is 11.0 Å². The van der Waals surface area contributed by atoms with Crippen LogP contribution in [0.15, 0.2) is 153 Å². The largest absolute Gasteiger partial charge is 0.416 e. The lowest BCUT2D eigenvalue weighted by Crippen LogP contribution is -2.40. The molecule has 2 heterocycles. The molecule has 0 radical (unpaired) electrons. The highest BCUT2D eigenvalue weighted by Gasteiger charge is 2.32. The van der Waals surface area contributed by atoms with E-state index >= 15 is 0 Å². The summed E-state index contributed by atoms with van der Waals surface area (Å²) in [7, 11) is 0. The molecule has 0 N–H and O–H groups in total. The third-order valence-corrected chi connectivity index (χ3v) is 18.6. The van der Waals surface area contributed by atoms with Crippen LogP contribution in [0.4, 0.5) is 35.1 Å². The Kier molecular flexibility index (Phi) is 19.6. The summed E-state index contributed by atoms with van der Waals surface area (Å²) >= 11 is 2.31. The number of aromatic nitrogens is 4. The molecule has 10 rings (SSSR count). The van der Waals surface area contributed by atoms with Gasteiger partial charge in [-0.05, 0) is 183 Å². The first kappa shape index (κ1) is 57.2. The molecule has 6 aromatic carbocycles. The quantitative estimate of drug-likeness (QED) is 0.0295. The predicted octanol–water partition coefficient (Wildman–Crippen LogP) is 15.1. The van der Waals surface area contributed by atoms with Crippen LogP contribution in [0.1, 0.15) is 124 Å². The molecule has 0 unspecified atom stereocenters. The molecule has 2 aromatic heterocycles. The van der Waals surface area contributed by atoms with Crippen molar-refractivity contribution in [3.05, 3.63) is 233 Å². The van der Waals surface area contributed by atoms with Gasteiger partial charge in [0.1, 0.15) is 24.7 Å². The summed E-state index contributed by atoms with van der Waals surface area (Å²) in [6.45, 7) is 1.15. The second-order valence-electron chi connectivity index (χ2n) is 22.8. The molecule has 508 valence electrons. The van der Waals surface area contributed by atoms with Crippen LogP contribution < -0.4 is 11.1 Å². The first-order valence-corrected chi connectivity index (χ1v) is 33.3. The first-order valence-electron chi connectivity index (χ1n) is 37.4. The number of carbonyl (C=O) groups is 2. The van der Waals surface area contributed by atoms with Crippen LogP contribution in [0.25, 0.3) is 22.3 Å². The van der Waals surface area contributed by atoms with Gasteiger partial charge in [-0.15, -0.1) is 0 Å². The van der Waals surface area contributed by atoms with E-state index in [1.807, 2.05) is 18.7 Å². The van der Waals surface area contributed by atoms with Gasteiger partial charge in [0, 0.05) is 75.9 Å². The molecule has 0 aliphatic heterocycles. The molecule has 8 aromatic rings. The molecule has 0 spiro atoms. The standard InChI is InChI=1S/2C37H40F4N4O2S/c2*1-4-43(5-2)19-20-44(22-29-12-11-28(21-25(29)3)27-13-15-30(16-14-27)37(39,40)41)34(46)23-45-33-8-6-7-32(33)35(47)42-36(45)48-24-26-9-17-31(38)18-10-26/h2*9-18,21H,4-8,19-20,22-24H2,1-3H3/i11D,12D,19D2,20D2,21D;11D,12D,21D,22D2. The minimum Gasteiger partial charge on any atom is -0.336 e. The Morgan fingerprint density at radius 2 is 0.948 bits per heavy atom. The summed E-state index contributed by atoms with van der Waals surface area (Å²) < 4.78 is 218. The van der Waals surface area contributed by atoms with Gasteiger partial charge in [0.15, 0.2) is 10.3 Å². The number of benzene rings is 6. The van der Waals surface area contributed by atoms with Crippen LogP contribution in [0.5, 0.6) is 0 Å². The smallest absolute Gasteiger partial charge is 0.336 e. The molecule has 12 nitrogen and oxygen atoms in total. The van der Waals surface area contributed by atoms with Crippen molar-refractivity contribution in [3.63, 3.8) is 0 Å². The van der Waals surface area contributed by atoms with Crippen molar-refractivity contribution >= 4 is 35.3 Å². The number of likely N-dealkylation sites (N-methyl/N-ethyl adjacent to an activating group) is 2. The lowest BCUT2D eigenvalue weighted by atomic mass is 9.98. The second-order valence-corrected chi connectivity index (χ2v) is 24.7. The minimum atomic E-state index is -4.62. The van der Waals surface area contributed by atoms with Gasteiger partial charge in [-0.3, -0.25) is 19.2 Å². The van der Waals surface area contributed by atoms with Crippen LogP contribution in [0.3, 0.4) is 0 Å². The lowest BCUT2D eigenvalue weighted by Gasteiger charge is -2.28. The molecule has 0 saturated carbocycles. The van der Waals surface area contributed by atoms with Crippen LogP contribution in [-0.2, 0) is 85.3 Å². The number of alkyl halides is 6. The zero-order chi connectivity index (χ0) is 79.4. The van der Waals surface area contributed by atoms with E-state index in [2.05, 4.69) is 9.97 Å². The van der Waals surface area contributed by atoms with E-state index in [9.17, 15) is 59.8 Å². The van der Waals surface area contributed by atoms with E-state index in [1.165, 1.54) is 59.3 Å². The molecule has 2 amide bonds. The SMILES string of the molecule is [2H]c1c([2H])c(-c2ccc(C(F)(F)F)cc2)c([2H])c(C)c1CN(C(=O)Cn1c(SCc2ccc(F)cc2)nc(=O)c2c1CCC2)C([2H])([2H])C([2H])([2H])N(CC)CC.[2H]c1c([2H])c(C([2H])([2H])N(CCN(CC)CC)C(=O)Cn2c(SCc3ccc(F)cc3)nc(=O)c3c2CCC3)c(C)c([2H])c1-c1ccc(C(F)(F)F)cc1. The monoisotopic (exact) mass is 1370 g/mol. The van der Waals surface area contributed by atoms with Gasteiger partial charge < -0.3 is 28.7 Å². The Labute approximate surface area is 580 Å². The third-order valence-electron chi connectivity index (χ3n) is 16.5. The van der Waals surface area contributed by atoms with Gasteiger partial charge >= 0.3 is 12.4 Å². The number of hydrogen-bond acceptors (Lipinski definition) is 10. The van der Waals surface area contributed by atoms with Crippen LogP contribution >= 0.6 is 23.5 Å². The van der Waals surface area contributed by atoms with Gasteiger partial charge in [0.05, 0.1) is 24.8 Å². The average molecular weight is 1370 g/mol. The molecule has 96 heavy (non-hydrogen) atoms. The minimum absolute atomic E-state index is 0.0343. The zero-order valence-electron chi connectivity index (χ0n) is 65.8. The fourth-order valence-electron chi connectivity index (χ4n) is 10.9. The first-order chi connectivity index (χ1) is 50.7. The number of hydrogen-bond donors (Lipinski definition) is 0. The molecule has 0 fully saturated rings. The number of amides is 2. The van der Waals surface area contributed by atoms with Crippen molar-refractivity contribution in [1.82, 2.24) is 38.7 Å². The number of fused-ring (bicyclic) bond motifs is 2. The van der Waals surface area contributed by atoms with Crippen molar-refractivity contribution in [2.75, 3.05) is 52.3 Å². The number of halogens is 8. The highest BCUT2D eigenvalue weighted by Crippen LogP contribution is 2.35. The molecule has 0 saturated heterocycles. The van der Waals surface area contributed by atoms with Crippen LogP contribution in [0, 0.1) is 25.5 Å². The Hall–Kier alpha value is -7.92. The average Bonchev–Trinajstić information content (AvgIpc) is 0.860. The second kappa shape index (κ2) is 32.9. The summed E-state index contributed by atoms with van der Waals surface area (Å²) in [5.41, 5.74) is 0.261. The summed E-state index contributed by atoms with van der Waals surface area (Å²) in [5, 5.41) is 0.397. The van der Waals surface area contributed by atoms with Crippen molar-refractivity contribution in [2.45, 2.75) is 140 Å². The van der Waals surface area contributed by atoms with E-state index in [-0.39, 0.29) is 98.8 Å². The lowest BCUT2D eigenvalue weighted by molar-refractivity contribution is -0.138. The number of thioether (sulfide) groups is 2. The third kappa shape index (κ3) is 18.8. The van der Waals surface area contributed by atoms with Crippen molar-refractivity contribution in [3.8, 4) is 22.3 Å². The molecule has 2 aliphatic rings. The topological polar surface area (TPSA) is 117 Å². The molecular weight excluding hydrogens is 1280 g/mol. The van der Waals surface area contributed by atoms with Crippen LogP contribution in [0.2, 0.25) is 0 Å². The van der Waals surface area contributed by atoms with E-state index in [0.717, 1.165) is 70.8 Å². The number of nitrogens with zero attached hydrogens (tertiary/aromatic N) is 8. The van der Waals surface area contributed by atoms with Crippen LogP contribution in [-0.4, -0.2) is 103 Å². The van der Waals surface area contributed by atoms with E-state index in [0.29, 0.717) is 90.3 Å². The fraction of sp³-hybridized carbons (Fsp3) is 0.378. The maximum atomic E-state index is 14.6. The van der Waals surface area contributed by atoms with Gasteiger partial charge in [-0.1, -0.05) is 136 Å². The van der Waals surface area contributed by atoms with Gasteiger partial charge in [0.2, 0.25) is 11.8 Å². The normalized spacial score (nSPS) is 15.1. The van der Waals surface area contributed by atoms with Crippen molar-refractivity contribution < 1.29 is 61.2 Å². The van der Waals surface area contributed by atoms with E-state index in [1.54, 1.807) is 42.7 Å². The zero-order valence-corrected chi connectivity index (χ0v) is 55.4. The Balaban J connectivity index is 0.000000249. The molecule has 2 aliphatic carbocycles. The molecule has 0 bridgehead atoms. The predicted molar refractivity (Wildman–Crippen MR) is 363 cm³/mol. The van der Waals surface area contributed by atoms with Crippen molar-refractivity contribution in [2.24, 2.45) is 0 Å². The molecule has 0 atom stereocenters. The van der Waals surface area contributed by atoms with Gasteiger partial charge in [0.25, 0.3) is 11.1 Å². The molecular formula is C74H80F8N8O4S2. The highest BCUT2D eigenvalue weighted by atomic mass is 32.2.